The standard InChI is InChI=1S/C10H12N4O4S3/c1-6-8(19-5-12-6)4-13-21(17,18)9-3-7(14(15)16)10(11-2)20-9/h3,5,11,13H,4H2,1-2H3. The SMILES string of the molecule is CNc1sc(S(=O)(=O)NCc2scnc2C)cc1[N+](=O)[O-]. The Morgan fingerprint density at radius 3 is 2.67 bits per heavy atom. The number of rotatable bonds is 6. The van der Waals surface area contributed by atoms with Crippen molar-refractivity contribution in [1.29, 1.82) is 0 Å². The predicted octanol–water partition coefficient (Wildman–Crippen LogP) is 1.94. The second-order valence-corrected chi connectivity index (χ2v) is 7.96. The average molecular weight is 348 g/mol. The number of nitrogens with one attached hydrogen (secondary N) is 2. The van der Waals surface area contributed by atoms with E-state index in [0.717, 1.165) is 28.0 Å². The van der Waals surface area contributed by atoms with E-state index >= 15 is 0 Å². The second kappa shape index (κ2) is 6.05. The Morgan fingerprint density at radius 1 is 1.48 bits per heavy atom. The van der Waals surface area contributed by atoms with Gasteiger partial charge in [0.15, 0.2) is 5.00 Å². The Morgan fingerprint density at radius 2 is 2.19 bits per heavy atom. The average Bonchev–Trinajstić information content (AvgIpc) is 3.02. The summed E-state index contributed by atoms with van der Waals surface area (Å²) < 4.78 is 26.7. The molecule has 0 unspecified atom stereocenters. The molecule has 2 aromatic heterocycles. The van der Waals surface area contributed by atoms with Crippen molar-refractivity contribution in [2.45, 2.75) is 17.7 Å². The first-order valence-corrected chi connectivity index (χ1v) is 8.87. The summed E-state index contributed by atoms with van der Waals surface area (Å²) in [7, 11) is -2.29. The number of hydrogen-bond donors (Lipinski definition) is 2. The van der Waals surface area contributed by atoms with Gasteiger partial charge in [-0.15, -0.1) is 11.3 Å². The van der Waals surface area contributed by atoms with Crippen LogP contribution >= 0.6 is 22.7 Å². The summed E-state index contributed by atoms with van der Waals surface area (Å²) in [5.41, 5.74) is 2.14. The van der Waals surface area contributed by atoms with Gasteiger partial charge in [0, 0.05) is 24.5 Å². The third-order valence-corrected chi connectivity index (χ3v) is 6.60. The van der Waals surface area contributed by atoms with Crippen LogP contribution in [0.3, 0.4) is 0 Å². The molecule has 0 amide bonds. The minimum Gasteiger partial charge on any atom is -0.374 e. The molecule has 2 N–H and O–H groups in total. The highest BCUT2D eigenvalue weighted by Gasteiger charge is 2.25. The first-order chi connectivity index (χ1) is 9.85. The van der Waals surface area contributed by atoms with Crippen LogP contribution in [0.2, 0.25) is 0 Å². The third-order valence-electron chi connectivity index (χ3n) is 2.65. The van der Waals surface area contributed by atoms with Gasteiger partial charge in [-0.3, -0.25) is 10.1 Å². The van der Waals surface area contributed by atoms with Crippen LogP contribution in [-0.4, -0.2) is 25.4 Å². The number of sulfonamides is 1. The molecule has 11 heteroatoms. The van der Waals surface area contributed by atoms with Crippen LogP contribution in [0.25, 0.3) is 0 Å². The molecule has 0 aliphatic rings. The van der Waals surface area contributed by atoms with Crippen molar-refractivity contribution in [2.75, 3.05) is 12.4 Å². The van der Waals surface area contributed by atoms with Crippen LogP contribution in [0.1, 0.15) is 10.6 Å². The maximum Gasteiger partial charge on any atom is 0.304 e. The molecule has 0 radical (unpaired) electrons. The van der Waals surface area contributed by atoms with Crippen LogP contribution in [-0.2, 0) is 16.6 Å². The fraction of sp³-hybridized carbons (Fsp3) is 0.300. The maximum atomic E-state index is 12.2. The van der Waals surface area contributed by atoms with Gasteiger partial charge >= 0.3 is 5.69 Å². The van der Waals surface area contributed by atoms with Crippen molar-refractivity contribution in [2.24, 2.45) is 0 Å². The molecule has 0 aliphatic heterocycles. The molecule has 0 bridgehead atoms. The molecule has 0 spiro atoms. The third kappa shape index (κ3) is 3.37. The molecule has 0 aliphatic carbocycles. The molecule has 8 nitrogen and oxygen atoms in total. The summed E-state index contributed by atoms with van der Waals surface area (Å²) in [6.45, 7) is 1.90. The van der Waals surface area contributed by atoms with Crippen LogP contribution in [0.5, 0.6) is 0 Å². The Balaban J connectivity index is 2.23. The first-order valence-electron chi connectivity index (χ1n) is 5.69. The molecule has 0 fully saturated rings. The number of thiophene rings is 1. The highest BCUT2D eigenvalue weighted by Crippen LogP contribution is 2.36. The highest BCUT2D eigenvalue weighted by molar-refractivity contribution is 7.91. The van der Waals surface area contributed by atoms with Crippen LogP contribution in [0, 0.1) is 17.0 Å². The smallest absolute Gasteiger partial charge is 0.304 e. The Bertz CT molecular complexity index is 765. The minimum atomic E-state index is -3.80. The summed E-state index contributed by atoms with van der Waals surface area (Å²) in [5.74, 6) is 0. The largest absolute Gasteiger partial charge is 0.374 e. The van der Waals surface area contributed by atoms with Gasteiger partial charge in [-0.25, -0.2) is 18.1 Å². The molecule has 21 heavy (non-hydrogen) atoms. The summed E-state index contributed by atoms with van der Waals surface area (Å²) >= 11 is 2.17. The Kier molecular flexibility index (Phi) is 4.56. The van der Waals surface area contributed by atoms with Gasteiger partial charge in [0.05, 0.1) is 16.1 Å². The molecule has 0 atom stereocenters. The normalized spacial score (nSPS) is 11.5. The highest BCUT2D eigenvalue weighted by atomic mass is 32.2. The minimum absolute atomic E-state index is 0.0966. The molecule has 114 valence electrons. The molecule has 2 rings (SSSR count). The number of thiazole rings is 1. The summed E-state index contributed by atoms with van der Waals surface area (Å²) in [6.07, 6.45) is 0. The van der Waals surface area contributed by atoms with E-state index in [1.54, 1.807) is 12.4 Å². The van der Waals surface area contributed by atoms with Crippen molar-refractivity contribution >= 4 is 43.4 Å². The number of nitrogens with zero attached hydrogens (tertiary/aromatic N) is 2. The molecule has 0 saturated carbocycles. The van der Waals surface area contributed by atoms with E-state index in [4.69, 9.17) is 0 Å². The second-order valence-electron chi connectivity index (χ2n) is 3.97. The first kappa shape index (κ1) is 15.8. The Labute approximate surface area is 129 Å². The van der Waals surface area contributed by atoms with E-state index in [1.807, 2.05) is 0 Å². The van der Waals surface area contributed by atoms with Gasteiger partial charge in [-0.05, 0) is 6.92 Å². The molecule has 2 heterocycles. The lowest BCUT2D eigenvalue weighted by Crippen LogP contribution is -2.22. The fourth-order valence-electron chi connectivity index (χ4n) is 1.53. The van der Waals surface area contributed by atoms with Crippen molar-refractivity contribution in [3.05, 3.63) is 32.3 Å². The quantitative estimate of drug-likeness (QED) is 0.609. The number of anilines is 1. The van der Waals surface area contributed by atoms with E-state index in [-0.39, 0.29) is 21.4 Å². The lowest BCUT2D eigenvalue weighted by atomic mass is 10.4. The number of hydrogen-bond acceptors (Lipinski definition) is 8. The van der Waals surface area contributed by atoms with Crippen LogP contribution in [0.15, 0.2) is 15.8 Å². The zero-order valence-electron chi connectivity index (χ0n) is 11.1. The zero-order chi connectivity index (χ0) is 15.6. The van der Waals surface area contributed by atoms with Gasteiger partial charge in [-0.1, -0.05) is 11.3 Å². The topological polar surface area (TPSA) is 114 Å². The van der Waals surface area contributed by atoms with Gasteiger partial charge in [0.1, 0.15) is 4.21 Å². The van der Waals surface area contributed by atoms with Crippen molar-refractivity contribution in [3.8, 4) is 0 Å². The number of nitro groups is 1. The van der Waals surface area contributed by atoms with Gasteiger partial charge < -0.3 is 5.32 Å². The van der Waals surface area contributed by atoms with Crippen molar-refractivity contribution < 1.29 is 13.3 Å². The molecular weight excluding hydrogens is 336 g/mol. The molecule has 0 saturated heterocycles. The lowest BCUT2D eigenvalue weighted by Gasteiger charge is -2.03. The maximum absolute atomic E-state index is 12.2. The molecule has 2 aromatic rings. The summed E-state index contributed by atoms with van der Waals surface area (Å²) in [4.78, 5) is 15.1. The predicted molar refractivity (Wildman–Crippen MR) is 81.4 cm³/mol. The zero-order valence-corrected chi connectivity index (χ0v) is 13.6. The number of aryl methyl sites for hydroxylation is 1. The Hall–Kier alpha value is -1.56. The monoisotopic (exact) mass is 348 g/mol. The molecule has 0 aromatic carbocycles. The van der Waals surface area contributed by atoms with E-state index in [1.165, 1.54) is 18.4 Å². The van der Waals surface area contributed by atoms with E-state index in [9.17, 15) is 18.5 Å². The van der Waals surface area contributed by atoms with E-state index in [2.05, 4.69) is 15.0 Å². The summed E-state index contributed by atoms with van der Waals surface area (Å²) in [5, 5.41) is 13.7. The van der Waals surface area contributed by atoms with Gasteiger partial charge in [0.2, 0.25) is 0 Å². The van der Waals surface area contributed by atoms with Crippen molar-refractivity contribution in [3.63, 3.8) is 0 Å². The lowest BCUT2D eigenvalue weighted by molar-refractivity contribution is -0.383. The van der Waals surface area contributed by atoms with Crippen molar-refractivity contribution in [1.82, 2.24) is 9.71 Å². The number of aromatic nitrogens is 1. The van der Waals surface area contributed by atoms with Gasteiger partial charge in [-0.2, -0.15) is 0 Å². The van der Waals surface area contributed by atoms with E-state index in [0.29, 0.717) is 0 Å². The summed E-state index contributed by atoms with van der Waals surface area (Å²) in [6, 6.07) is 1.05. The fourth-order valence-corrected chi connectivity index (χ4v) is 4.66. The van der Waals surface area contributed by atoms with E-state index < -0.39 is 14.9 Å². The molecular formula is C10H12N4O4S3. The van der Waals surface area contributed by atoms with Crippen LogP contribution < -0.4 is 10.0 Å². The van der Waals surface area contributed by atoms with Crippen LogP contribution in [0.4, 0.5) is 10.7 Å². The van der Waals surface area contributed by atoms with Gasteiger partial charge in [0.25, 0.3) is 10.0 Å².